The first kappa shape index (κ1) is 57.4. The van der Waals surface area contributed by atoms with Crippen molar-refractivity contribution >= 4 is 131 Å². The molecule has 0 aliphatic heterocycles. The van der Waals surface area contributed by atoms with Crippen LogP contribution in [-0.4, -0.2) is 18.3 Å². The number of para-hydroxylation sites is 6. The summed E-state index contributed by atoms with van der Waals surface area (Å²) in [4.78, 5) is 0. The normalized spacial score (nSPS) is 11.9. The molecule has 0 bridgehead atoms. The van der Waals surface area contributed by atoms with Crippen LogP contribution in [0.25, 0.3) is 198 Å². The summed E-state index contributed by atoms with van der Waals surface area (Å²) in [5.74, 6) is 0. The van der Waals surface area contributed by atoms with Gasteiger partial charge in [-0.25, -0.2) is 0 Å². The SMILES string of the molecule is c1ccc(-c2ccc(-n3c4ccccc4c4cc(-c5ccc6c(c5)c5c7c(ccc5n6-c5ccccc5)oc5ccccc57)ccc43)cc2)cc1.c1ccc(-c2ccc(-n3c4ccccc4c4cc(-c5ccc6c(c5)c5cc7oc8ccccc8c7cc5n6-c5ccccc5)ccc43)cc2)cc1. The second-order valence-electron chi connectivity index (χ2n) is 26.7. The zero-order valence-corrected chi connectivity index (χ0v) is 55.2. The lowest BCUT2D eigenvalue weighted by Crippen LogP contribution is -1.94. The van der Waals surface area contributed by atoms with Crippen molar-refractivity contribution in [1.82, 2.24) is 18.3 Å². The fourth-order valence-electron chi connectivity index (χ4n) is 16.4. The maximum atomic E-state index is 6.38. The van der Waals surface area contributed by atoms with Crippen molar-refractivity contribution in [2.45, 2.75) is 0 Å². The first-order valence-corrected chi connectivity index (χ1v) is 34.9. The van der Waals surface area contributed by atoms with Gasteiger partial charge in [0.2, 0.25) is 0 Å². The largest absolute Gasteiger partial charge is 0.456 e. The van der Waals surface area contributed by atoms with E-state index >= 15 is 0 Å². The number of hydrogen-bond donors (Lipinski definition) is 0. The predicted molar refractivity (Wildman–Crippen MR) is 427 cm³/mol. The van der Waals surface area contributed by atoms with Crippen molar-refractivity contribution in [1.29, 1.82) is 0 Å². The highest BCUT2D eigenvalue weighted by Gasteiger charge is 2.23. The molecule has 22 rings (SSSR count). The molecule has 0 saturated carbocycles. The molecule has 0 fully saturated rings. The fraction of sp³-hybridized carbons (Fsp3) is 0. The molecule has 0 saturated heterocycles. The third kappa shape index (κ3) is 9.06. The van der Waals surface area contributed by atoms with Gasteiger partial charge in [0.1, 0.15) is 22.3 Å². The first-order chi connectivity index (χ1) is 50.6. The standard InChI is InChI=1S/2C48H30N2O/c1-3-11-31(12-4-1)32-19-23-36(24-20-32)49-43-17-9-7-15-37(43)39-27-33(21-25-44(39)49)34-22-26-45-40(28-34)41-30-48-42(38-16-8-10-18-47(38)51-48)29-46(41)50(45)35-13-5-2-6-14-35;1-3-11-31(12-4-1)32-19-23-36(24-20-32)49-41-17-9-7-15-37(41)39-29-33(21-25-42(39)49)34-22-26-43-40(30-34)47-44(50(43)35-13-5-2-6-14-35)27-28-46-48(47)38-16-8-10-18-45(38)51-46/h2*1-30H. The molecule has 6 nitrogen and oxygen atoms in total. The van der Waals surface area contributed by atoms with E-state index in [0.717, 1.165) is 66.6 Å². The van der Waals surface area contributed by atoms with Crippen LogP contribution in [0.4, 0.5) is 0 Å². The van der Waals surface area contributed by atoms with Crippen LogP contribution in [0.1, 0.15) is 0 Å². The van der Waals surface area contributed by atoms with Gasteiger partial charge in [0, 0.05) is 87.4 Å². The lowest BCUT2D eigenvalue weighted by molar-refractivity contribution is 0.669. The molecule has 22 aromatic rings. The molecule has 6 heteroatoms. The molecule has 0 radical (unpaired) electrons. The van der Waals surface area contributed by atoms with Gasteiger partial charge in [-0.1, -0.05) is 218 Å². The molecule has 0 amide bonds. The molecule has 0 N–H and O–H groups in total. The van der Waals surface area contributed by atoms with Crippen LogP contribution >= 0.6 is 0 Å². The smallest absolute Gasteiger partial charge is 0.136 e. The van der Waals surface area contributed by atoms with Gasteiger partial charge in [0.15, 0.2) is 0 Å². The summed E-state index contributed by atoms with van der Waals surface area (Å²) in [6.45, 7) is 0. The maximum absolute atomic E-state index is 6.38. The summed E-state index contributed by atoms with van der Waals surface area (Å²) in [6.07, 6.45) is 0. The zero-order chi connectivity index (χ0) is 66.9. The number of benzene rings is 16. The Labute approximate surface area is 585 Å². The van der Waals surface area contributed by atoms with E-state index in [4.69, 9.17) is 8.83 Å². The van der Waals surface area contributed by atoms with Crippen molar-refractivity contribution < 1.29 is 8.83 Å². The van der Waals surface area contributed by atoms with E-state index in [1.165, 1.54) is 132 Å². The molecule has 16 aromatic carbocycles. The van der Waals surface area contributed by atoms with Crippen LogP contribution in [0, 0.1) is 0 Å². The van der Waals surface area contributed by atoms with Crippen molar-refractivity contribution in [3.8, 4) is 67.3 Å². The predicted octanol–water partition coefficient (Wildman–Crippen LogP) is 26.2. The lowest BCUT2D eigenvalue weighted by atomic mass is 9.99. The van der Waals surface area contributed by atoms with Crippen LogP contribution in [0.5, 0.6) is 0 Å². The average molecular weight is 1300 g/mol. The monoisotopic (exact) mass is 1300 g/mol. The molecule has 0 aliphatic carbocycles. The molecule has 476 valence electrons. The minimum Gasteiger partial charge on any atom is -0.456 e. The van der Waals surface area contributed by atoms with Crippen molar-refractivity contribution in [3.63, 3.8) is 0 Å². The number of furan rings is 2. The van der Waals surface area contributed by atoms with Crippen molar-refractivity contribution in [3.05, 3.63) is 364 Å². The third-order valence-corrected chi connectivity index (χ3v) is 21.0. The molecular formula is C96H60N4O2. The Morgan fingerprint density at radius 2 is 0.471 bits per heavy atom. The van der Waals surface area contributed by atoms with Gasteiger partial charge in [-0.2, -0.15) is 0 Å². The lowest BCUT2D eigenvalue weighted by Gasteiger charge is -2.10. The molecule has 0 spiro atoms. The van der Waals surface area contributed by atoms with E-state index in [1.54, 1.807) is 0 Å². The van der Waals surface area contributed by atoms with Gasteiger partial charge in [-0.3, -0.25) is 0 Å². The van der Waals surface area contributed by atoms with E-state index in [1.807, 2.05) is 18.2 Å². The number of nitrogens with zero attached hydrogens (tertiary/aromatic N) is 4. The minimum atomic E-state index is 0.909. The van der Waals surface area contributed by atoms with Gasteiger partial charge in [0.05, 0.1) is 44.1 Å². The Kier molecular flexibility index (Phi) is 12.9. The second-order valence-corrected chi connectivity index (χ2v) is 26.7. The van der Waals surface area contributed by atoms with E-state index in [9.17, 15) is 0 Å². The quantitative estimate of drug-likeness (QED) is 0.152. The second kappa shape index (κ2) is 23.0. The maximum Gasteiger partial charge on any atom is 0.136 e. The average Bonchev–Trinajstić information content (AvgIpc) is 1.58. The Balaban J connectivity index is 0.000000133. The van der Waals surface area contributed by atoms with Gasteiger partial charge in [0.25, 0.3) is 0 Å². The molecule has 0 aliphatic rings. The summed E-state index contributed by atoms with van der Waals surface area (Å²) in [6, 6.07) is 131. The zero-order valence-electron chi connectivity index (χ0n) is 55.2. The van der Waals surface area contributed by atoms with Gasteiger partial charge >= 0.3 is 0 Å². The minimum absolute atomic E-state index is 0.909. The number of fused-ring (bicyclic) bond motifs is 19. The summed E-state index contributed by atoms with van der Waals surface area (Å²) in [7, 11) is 0. The highest BCUT2D eigenvalue weighted by atomic mass is 16.3. The summed E-state index contributed by atoms with van der Waals surface area (Å²) in [5.41, 5.74) is 27.4. The molecule has 0 atom stereocenters. The summed E-state index contributed by atoms with van der Waals surface area (Å²) in [5, 5.41) is 14.4. The third-order valence-electron chi connectivity index (χ3n) is 21.0. The van der Waals surface area contributed by atoms with Gasteiger partial charge < -0.3 is 27.1 Å². The van der Waals surface area contributed by atoms with Crippen LogP contribution in [0.2, 0.25) is 0 Å². The van der Waals surface area contributed by atoms with E-state index in [-0.39, 0.29) is 0 Å². The Bertz CT molecular complexity index is 7030. The van der Waals surface area contributed by atoms with E-state index < -0.39 is 0 Å². The van der Waals surface area contributed by atoms with Crippen LogP contribution < -0.4 is 0 Å². The van der Waals surface area contributed by atoms with Gasteiger partial charge in [-0.05, 0) is 190 Å². The Hall–Kier alpha value is -13.7. The van der Waals surface area contributed by atoms with Crippen LogP contribution in [0.15, 0.2) is 373 Å². The van der Waals surface area contributed by atoms with Gasteiger partial charge in [-0.15, -0.1) is 0 Å². The Morgan fingerprint density at radius 1 is 0.147 bits per heavy atom. The Morgan fingerprint density at radius 3 is 0.980 bits per heavy atom. The molecule has 6 aromatic heterocycles. The fourth-order valence-corrected chi connectivity index (χ4v) is 16.4. The van der Waals surface area contributed by atoms with E-state index in [2.05, 4.69) is 364 Å². The molecule has 6 heterocycles. The van der Waals surface area contributed by atoms with E-state index in [0.29, 0.717) is 0 Å². The summed E-state index contributed by atoms with van der Waals surface area (Å²) >= 11 is 0. The topological polar surface area (TPSA) is 46.0 Å². The van der Waals surface area contributed by atoms with Crippen LogP contribution in [-0.2, 0) is 0 Å². The first-order valence-electron chi connectivity index (χ1n) is 34.9. The number of rotatable bonds is 8. The summed E-state index contributed by atoms with van der Waals surface area (Å²) < 4.78 is 22.3. The molecular weight excluding hydrogens is 1240 g/mol. The van der Waals surface area contributed by atoms with Crippen LogP contribution in [0.3, 0.4) is 0 Å². The highest BCUT2D eigenvalue weighted by molar-refractivity contribution is 6.28. The van der Waals surface area contributed by atoms with Crippen molar-refractivity contribution in [2.75, 3.05) is 0 Å². The molecule has 0 unspecified atom stereocenters. The number of hydrogen-bond acceptors (Lipinski definition) is 2. The number of aromatic nitrogens is 4. The van der Waals surface area contributed by atoms with Crippen molar-refractivity contribution in [2.24, 2.45) is 0 Å². The molecule has 102 heavy (non-hydrogen) atoms. The highest BCUT2D eigenvalue weighted by Crippen LogP contribution is 2.46.